The van der Waals surface area contributed by atoms with E-state index >= 15 is 0 Å². The Hall–Kier alpha value is -1.32. The van der Waals surface area contributed by atoms with Crippen molar-refractivity contribution in [1.82, 2.24) is 4.90 Å². The molecule has 2 N–H and O–H groups in total. The summed E-state index contributed by atoms with van der Waals surface area (Å²) in [5.74, 6) is 0.959. The Labute approximate surface area is 96.5 Å². The minimum Gasteiger partial charge on any atom is -0.489 e. The summed E-state index contributed by atoms with van der Waals surface area (Å²) in [6.07, 6.45) is 2.19. The smallest absolute Gasteiger partial charge is 0.127 e. The quantitative estimate of drug-likeness (QED) is 0.832. The minimum absolute atomic E-state index is 0.258. The Morgan fingerprint density at radius 3 is 2.81 bits per heavy atom. The number of benzene rings is 1. The fourth-order valence-corrected chi connectivity index (χ4v) is 2.02. The zero-order valence-electron chi connectivity index (χ0n) is 9.81. The van der Waals surface area contributed by atoms with Crippen LogP contribution in [-0.2, 0) is 0 Å². The Morgan fingerprint density at radius 1 is 1.38 bits per heavy atom. The van der Waals surface area contributed by atoms with Gasteiger partial charge >= 0.3 is 0 Å². The molecular formula is C13H18N2O. The second-order valence-corrected chi connectivity index (χ2v) is 4.26. The van der Waals surface area contributed by atoms with Gasteiger partial charge in [0.2, 0.25) is 0 Å². The maximum atomic E-state index is 5.79. The molecule has 0 amide bonds. The average molecular weight is 218 g/mol. The second-order valence-electron chi connectivity index (χ2n) is 4.26. The molecule has 0 saturated carbocycles. The van der Waals surface area contributed by atoms with E-state index in [9.17, 15) is 0 Å². The molecule has 16 heavy (non-hydrogen) atoms. The van der Waals surface area contributed by atoms with Crippen molar-refractivity contribution >= 4 is 6.08 Å². The van der Waals surface area contributed by atoms with Crippen molar-refractivity contribution < 1.29 is 4.74 Å². The van der Waals surface area contributed by atoms with Crippen molar-refractivity contribution in [2.45, 2.75) is 6.04 Å². The number of fused-ring (bicyclic) bond motifs is 1. The molecule has 0 spiro atoms. The summed E-state index contributed by atoms with van der Waals surface area (Å²) in [5, 5.41) is 0. The summed E-state index contributed by atoms with van der Waals surface area (Å²) in [7, 11) is 4.08. The highest BCUT2D eigenvalue weighted by atomic mass is 16.5. The van der Waals surface area contributed by atoms with E-state index in [1.165, 1.54) is 5.57 Å². The lowest BCUT2D eigenvalue weighted by molar-refractivity contribution is 0.283. The third kappa shape index (κ3) is 2.10. The van der Waals surface area contributed by atoms with Gasteiger partial charge in [-0.1, -0.05) is 18.2 Å². The average Bonchev–Trinajstić information content (AvgIpc) is 2.29. The number of rotatable bonds is 3. The van der Waals surface area contributed by atoms with Gasteiger partial charge in [0.15, 0.2) is 0 Å². The molecule has 0 aromatic heterocycles. The van der Waals surface area contributed by atoms with E-state index in [4.69, 9.17) is 10.5 Å². The van der Waals surface area contributed by atoms with Gasteiger partial charge in [0, 0.05) is 18.2 Å². The van der Waals surface area contributed by atoms with Crippen LogP contribution in [0.1, 0.15) is 5.56 Å². The number of hydrogen-bond donors (Lipinski definition) is 1. The van der Waals surface area contributed by atoms with Crippen LogP contribution in [0.3, 0.4) is 0 Å². The van der Waals surface area contributed by atoms with Crippen LogP contribution < -0.4 is 10.5 Å². The van der Waals surface area contributed by atoms with E-state index in [0.29, 0.717) is 13.2 Å². The fourth-order valence-electron chi connectivity index (χ4n) is 2.02. The molecule has 1 aromatic carbocycles. The number of hydrogen-bond acceptors (Lipinski definition) is 3. The van der Waals surface area contributed by atoms with Gasteiger partial charge in [-0.3, -0.25) is 0 Å². The molecule has 1 aliphatic rings. The molecule has 0 fully saturated rings. The summed E-state index contributed by atoms with van der Waals surface area (Å²) in [6, 6.07) is 8.33. The van der Waals surface area contributed by atoms with Crippen LogP contribution in [-0.4, -0.2) is 38.2 Å². The van der Waals surface area contributed by atoms with E-state index in [-0.39, 0.29) is 6.04 Å². The lowest BCUT2D eigenvalue weighted by atomic mass is 10.0. The molecule has 3 nitrogen and oxygen atoms in total. The van der Waals surface area contributed by atoms with Crippen LogP contribution >= 0.6 is 0 Å². The van der Waals surface area contributed by atoms with Gasteiger partial charge in [-0.2, -0.15) is 0 Å². The van der Waals surface area contributed by atoms with Crippen molar-refractivity contribution in [3.05, 3.63) is 35.4 Å². The number of likely N-dealkylation sites (N-methyl/N-ethyl adjacent to an activating group) is 1. The summed E-state index contributed by atoms with van der Waals surface area (Å²) < 4.78 is 5.72. The number of nitrogens with two attached hydrogens (primary N) is 1. The summed E-state index contributed by atoms with van der Waals surface area (Å²) >= 11 is 0. The van der Waals surface area contributed by atoms with Gasteiger partial charge in [0.25, 0.3) is 0 Å². The first kappa shape index (κ1) is 11.2. The lowest BCUT2D eigenvalue weighted by Crippen LogP contribution is -2.38. The Balaban J connectivity index is 2.29. The SMILES string of the molecule is CN(C)C(CN)C1=Cc2ccccc2OC1. The molecule has 0 radical (unpaired) electrons. The molecule has 1 atom stereocenters. The zero-order chi connectivity index (χ0) is 11.5. The maximum absolute atomic E-state index is 5.79. The third-order valence-corrected chi connectivity index (χ3v) is 2.93. The van der Waals surface area contributed by atoms with Crippen molar-refractivity contribution in [2.24, 2.45) is 5.73 Å². The van der Waals surface area contributed by atoms with Crippen molar-refractivity contribution in [3.8, 4) is 5.75 Å². The van der Waals surface area contributed by atoms with Crippen LogP contribution in [0.15, 0.2) is 29.8 Å². The van der Waals surface area contributed by atoms with Gasteiger partial charge in [-0.25, -0.2) is 0 Å². The molecule has 1 heterocycles. The van der Waals surface area contributed by atoms with Crippen molar-refractivity contribution in [3.63, 3.8) is 0 Å². The summed E-state index contributed by atoms with van der Waals surface area (Å²) in [4.78, 5) is 2.13. The van der Waals surface area contributed by atoms with Crippen LogP contribution in [0, 0.1) is 0 Å². The maximum Gasteiger partial charge on any atom is 0.127 e. The highest BCUT2D eigenvalue weighted by Gasteiger charge is 2.19. The van der Waals surface area contributed by atoms with Gasteiger partial charge in [0.1, 0.15) is 12.4 Å². The molecule has 1 unspecified atom stereocenters. The molecule has 86 valence electrons. The predicted octanol–water partition coefficient (Wildman–Crippen LogP) is 1.35. The van der Waals surface area contributed by atoms with Gasteiger partial charge in [0.05, 0.1) is 0 Å². The highest BCUT2D eigenvalue weighted by molar-refractivity contribution is 5.63. The minimum atomic E-state index is 0.258. The van der Waals surface area contributed by atoms with E-state index in [1.54, 1.807) is 0 Å². The van der Waals surface area contributed by atoms with Crippen LogP contribution in [0.25, 0.3) is 6.08 Å². The Morgan fingerprint density at radius 2 is 2.12 bits per heavy atom. The molecule has 2 rings (SSSR count). The molecule has 3 heteroatoms. The van der Waals surface area contributed by atoms with Crippen molar-refractivity contribution in [2.75, 3.05) is 27.2 Å². The van der Waals surface area contributed by atoms with E-state index in [2.05, 4.69) is 17.0 Å². The molecule has 1 aliphatic heterocycles. The molecule has 0 aliphatic carbocycles. The second kappa shape index (κ2) is 4.68. The lowest BCUT2D eigenvalue weighted by Gasteiger charge is -2.28. The Kier molecular flexibility index (Phi) is 3.27. The summed E-state index contributed by atoms with van der Waals surface area (Å²) in [5.41, 5.74) is 8.17. The van der Waals surface area contributed by atoms with E-state index < -0.39 is 0 Å². The molecule has 1 aromatic rings. The van der Waals surface area contributed by atoms with E-state index in [1.807, 2.05) is 32.3 Å². The molecule has 0 saturated heterocycles. The first-order valence-corrected chi connectivity index (χ1v) is 5.51. The summed E-state index contributed by atoms with van der Waals surface area (Å²) in [6.45, 7) is 1.25. The monoisotopic (exact) mass is 218 g/mol. The number of para-hydroxylation sites is 1. The fraction of sp³-hybridized carbons (Fsp3) is 0.385. The standard InChI is InChI=1S/C13H18N2O/c1-15(2)12(8-14)11-7-10-5-3-4-6-13(10)16-9-11/h3-7,12H,8-9,14H2,1-2H3. The van der Waals surface area contributed by atoms with Gasteiger partial charge in [-0.05, 0) is 31.8 Å². The largest absolute Gasteiger partial charge is 0.489 e. The molecule has 0 bridgehead atoms. The van der Waals surface area contributed by atoms with Gasteiger partial charge < -0.3 is 15.4 Å². The first-order valence-electron chi connectivity index (χ1n) is 5.51. The third-order valence-electron chi connectivity index (χ3n) is 2.93. The highest BCUT2D eigenvalue weighted by Crippen LogP contribution is 2.27. The van der Waals surface area contributed by atoms with Crippen LogP contribution in [0.4, 0.5) is 0 Å². The number of nitrogens with zero attached hydrogens (tertiary/aromatic N) is 1. The first-order chi connectivity index (χ1) is 7.72. The number of ether oxygens (including phenoxy) is 1. The van der Waals surface area contributed by atoms with Crippen LogP contribution in [0.5, 0.6) is 5.75 Å². The van der Waals surface area contributed by atoms with Crippen LogP contribution in [0.2, 0.25) is 0 Å². The van der Waals surface area contributed by atoms with Gasteiger partial charge in [-0.15, -0.1) is 0 Å². The Bertz CT molecular complexity index is 399. The topological polar surface area (TPSA) is 38.5 Å². The zero-order valence-corrected chi connectivity index (χ0v) is 9.81. The predicted molar refractivity (Wildman–Crippen MR) is 66.4 cm³/mol. The van der Waals surface area contributed by atoms with E-state index in [0.717, 1.165) is 11.3 Å². The normalized spacial score (nSPS) is 16.4. The molecular weight excluding hydrogens is 200 g/mol. The van der Waals surface area contributed by atoms with Crippen molar-refractivity contribution in [1.29, 1.82) is 0 Å².